The van der Waals surface area contributed by atoms with Gasteiger partial charge in [0.05, 0.1) is 13.1 Å². The van der Waals surface area contributed by atoms with Crippen LogP contribution in [0, 0.1) is 0 Å². The third-order valence-electron chi connectivity index (χ3n) is 3.15. The number of nitrogens with zero attached hydrogens (tertiary/aromatic N) is 3. The van der Waals surface area contributed by atoms with Gasteiger partial charge in [-0.1, -0.05) is 29.9 Å². The number of hydrogen-bond acceptors (Lipinski definition) is 6. The summed E-state index contributed by atoms with van der Waals surface area (Å²) >= 11 is 7.02. The summed E-state index contributed by atoms with van der Waals surface area (Å²) in [7, 11) is 1.82. The lowest BCUT2D eigenvalue weighted by Gasteiger charge is -2.13. The smallest absolute Gasteiger partial charge is 0.286 e. The largest absolute Gasteiger partial charge is 0.355 e. The van der Waals surface area contributed by atoms with Gasteiger partial charge in [0.15, 0.2) is 0 Å². The van der Waals surface area contributed by atoms with Gasteiger partial charge in [-0.2, -0.15) is 0 Å². The average Bonchev–Trinajstić information content (AvgIpc) is 3.03. The van der Waals surface area contributed by atoms with Crippen LogP contribution in [0.2, 0.25) is 5.02 Å². The Kier molecular flexibility index (Phi) is 7.30. The molecule has 2 amide bonds. The van der Waals surface area contributed by atoms with E-state index in [9.17, 15) is 9.59 Å². The van der Waals surface area contributed by atoms with Crippen molar-refractivity contribution in [3.05, 3.63) is 39.3 Å². The molecule has 1 heterocycles. The van der Waals surface area contributed by atoms with Crippen LogP contribution < -0.4 is 10.6 Å². The van der Waals surface area contributed by atoms with Crippen molar-refractivity contribution in [2.75, 3.05) is 25.5 Å². The van der Waals surface area contributed by atoms with Crippen molar-refractivity contribution in [1.29, 1.82) is 0 Å². The summed E-state index contributed by atoms with van der Waals surface area (Å²) in [6.07, 6.45) is 0.901. The Balaban J connectivity index is 1.87. The summed E-state index contributed by atoms with van der Waals surface area (Å²) in [4.78, 5) is 25.7. The molecule has 0 aliphatic heterocycles. The highest BCUT2D eigenvalue weighted by atomic mass is 35.5. The molecule has 0 spiro atoms. The molecule has 0 bridgehead atoms. The first-order valence-electron chi connectivity index (χ1n) is 7.82. The molecule has 0 aliphatic rings. The van der Waals surface area contributed by atoms with Crippen LogP contribution in [-0.2, 0) is 11.3 Å². The minimum absolute atomic E-state index is 0.0328. The SMILES string of the molecule is CCCNC(=O)CN(C)Cc1nnc(C(=O)Nc2ccc(Cl)cc2)s1. The Morgan fingerprint density at radius 3 is 2.64 bits per heavy atom. The lowest BCUT2D eigenvalue weighted by Crippen LogP contribution is -2.35. The molecule has 25 heavy (non-hydrogen) atoms. The number of rotatable bonds is 8. The van der Waals surface area contributed by atoms with Crippen LogP contribution in [0.3, 0.4) is 0 Å². The predicted molar refractivity (Wildman–Crippen MR) is 98.9 cm³/mol. The lowest BCUT2D eigenvalue weighted by atomic mass is 10.3. The maximum atomic E-state index is 12.2. The summed E-state index contributed by atoms with van der Waals surface area (Å²) < 4.78 is 0. The van der Waals surface area contributed by atoms with Crippen molar-refractivity contribution >= 4 is 40.4 Å². The van der Waals surface area contributed by atoms with Gasteiger partial charge >= 0.3 is 0 Å². The molecule has 0 aliphatic carbocycles. The van der Waals surface area contributed by atoms with Crippen LogP contribution in [-0.4, -0.2) is 47.0 Å². The Bertz CT molecular complexity index is 720. The van der Waals surface area contributed by atoms with Crippen LogP contribution in [0.4, 0.5) is 5.69 Å². The average molecular weight is 382 g/mol. The van der Waals surface area contributed by atoms with Gasteiger partial charge in [0.1, 0.15) is 5.01 Å². The van der Waals surface area contributed by atoms with Gasteiger partial charge in [-0.15, -0.1) is 10.2 Å². The third kappa shape index (κ3) is 6.41. The fourth-order valence-corrected chi connectivity index (χ4v) is 2.92. The quantitative estimate of drug-likeness (QED) is 0.733. The molecule has 9 heteroatoms. The van der Waals surface area contributed by atoms with E-state index in [2.05, 4.69) is 20.8 Å². The van der Waals surface area contributed by atoms with Crippen LogP contribution in [0.1, 0.15) is 28.2 Å². The van der Waals surface area contributed by atoms with E-state index in [-0.39, 0.29) is 23.4 Å². The molecule has 0 radical (unpaired) electrons. The summed E-state index contributed by atoms with van der Waals surface area (Å²) in [5.41, 5.74) is 0.635. The van der Waals surface area contributed by atoms with Crippen molar-refractivity contribution in [1.82, 2.24) is 20.4 Å². The lowest BCUT2D eigenvalue weighted by molar-refractivity contribution is -0.122. The van der Waals surface area contributed by atoms with E-state index in [1.807, 2.05) is 18.9 Å². The normalized spacial score (nSPS) is 10.7. The second kappa shape index (κ2) is 9.45. The van der Waals surface area contributed by atoms with Gasteiger partial charge in [0, 0.05) is 17.3 Å². The van der Waals surface area contributed by atoms with Crippen LogP contribution in [0.25, 0.3) is 0 Å². The molecule has 2 rings (SSSR count). The van der Waals surface area contributed by atoms with Crippen molar-refractivity contribution in [2.24, 2.45) is 0 Å². The molecule has 0 unspecified atom stereocenters. The summed E-state index contributed by atoms with van der Waals surface area (Å²) in [5.74, 6) is -0.357. The van der Waals surface area contributed by atoms with Crippen molar-refractivity contribution in [2.45, 2.75) is 19.9 Å². The first-order chi connectivity index (χ1) is 12.0. The highest BCUT2D eigenvalue weighted by Crippen LogP contribution is 2.16. The van der Waals surface area contributed by atoms with Gasteiger partial charge in [-0.05, 0) is 37.7 Å². The van der Waals surface area contributed by atoms with E-state index in [0.29, 0.717) is 28.8 Å². The van der Waals surface area contributed by atoms with Crippen molar-refractivity contribution in [3.8, 4) is 0 Å². The van der Waals surface area contributed by atoms with Gasteiger partial charge in [-0.3, -0.25) is 14.5 Å². The summed E-state index contributed by atoms with van der Waals surface area (Å²) in [5, 5.41) is 15.0. The van der Waals surface area contributed by atoms with Gasteiger partial charge < -0.3 is 10.6 Å². The minimum atomic E-state index is -0.325. The Morgan fingerprint density at radius 2 is 1.96 bits per heavy atom. The maximum Gasteiger partial charge on any atom is 0.286 e. The second-order valence-corrected chi connectivity index (χ2v) is 6.98. The zero-order chi connectivity index (χ0) is 18.2. The highest BCUT2D eigenvalue weighted by Gasteiger charge is 2.15. The van der Waals surface area contributed by atoms with Crippen molar-refractivity contribution in [3.63, 3.8) is 0 Å². The van der Waals surface area contributed by atoms with Gasteiger partial charge in [-0.25, -0.2) is 0 Å². The first-order valence-corrected chi connectivity index (χ1v) is 9.02. The number of halogens is 1. The van der Waals surface area contributed by atoms with Gasteiger partial charge in [0.2, 0.25) is 10.9 Å². The van der Waals surface area contributed by atoms with E-state index in [1.165, 1.54) is 11.3 Å². The molecular formula is C16H20ClN5O2S. The Morgan fingerprint density at radius 1 is 1.24 bits per heavy atom. The third-order valence-corrected chi connectivity index (χ3v) is 4.31. The molecule has 2 aromatic rings. The van der Waals surface area contributed by atoms with E-state index in [4.69, 9.17) is 11.6 Å². The van der Waals surface area contributed by atoms with Crippen molar-refractivity contribution < 1.29 is 9.59 Å². The number of amides is 2. The van der Waals surface area contributed by atoms with Crippen LogP contribution in [0.5, 0.6) is 0 Å². The van der Waals surface area contributed by atoms with E-state index >= 15 is 0 Å². The molecule has 134 valence electrons. The summed E-state index contributed by atoms with van der Waals surface area (Å²) in [6, 6.07) is 6.82. The summed E-state index contributed by atoms with van der Waals surface area (Å²) in [6.45, 7) is 3.39. The topological polar surface area (TPSA) is 87.2 Å². The molecular weight excluding hydrogens is 362 g/mol. The van der Waals surface area contributed by atoms with Crippen LogP contribution >= 0.6 is 22.9 Å². The molecule has 0 fully saturated rings. The molecule has 1 aromatic heterocycles. The first kappa shape index (κ1) is 19.3. The highest BCUT2D eigenvalue weighted by molar-refractivity contribution is 7.13. The number of nitrogens with one attached hydrogen (secondary N) is 2. The number of hydrogen-bond donors (Lipinski definition) is 2. The second-order valence-electron chi connectivity index (χ2n) is 5.48. The van der Waals surface area contributed by atoms with E-state index in [1.54, 1.807) is 24.3 Å². The van der Waals surface area contributed by atoms with E-state index < -0.39 is 0 Å². The number of carbonyl (C=O) groups is 2. The Hall–Kier alpha value is -2.03. The molecule has 2 N–H and O–H groups in total. The minimum Gasteiger partial charge on any atom is -0.355 e. The number of likely N-dealkylation sites (N-methyl/N-ethyl adjacent to an activating group) is 1. The predicted octanol–water partition coefficient (Wildman–Crippen LogP) is 2.40. The Labute approximate surface area is 155 Å². The zero-order valence-electron chi connectivity index (χ0n) is 14.1. The van der Waals surface area contributed by atoms with Gasteiger partial charge in [0.25, 0.3) is 5.91 Å². The molecule has 0 saturated carbocycles. The molecule has 7 nitrogen and oxygen atoms in total. The standard InChI is InChI=1S/C16H20ClN5O2S/c1-3-8-18-13(23)9-22(2)10-14-20-21-16(25-14)15(24)19-12-6-4-11(17)5-7-12/h4-7H,3,8-10H2,1-2H3,(H,18,23)(H,19,24). The van der Waals surface area contributed by atoms with E-state index in [0.717, 1.165) is 6.42 Å². The number of aromatic nitrogens is 2. The molecule has 1 aromatic carbocycles. The number of benzene rings is 1. The fraction of sp³-hybridized carbons (Fsp3) is 0.375. The zero-order valence-corrected chi connectivity index (χ0v) is 15.7. The number of anilines is 1. The monoisotopic (exact) mass is 381 g/mol. The fourth-order valence-electron chi connectivity index (χ4n) is 1.98. The maximum absolute atomic E-state index is 12.2. The molecule has 0 saturated heterocycles. The van der Waals surface area contributed by atoms with Crippen LogP contribution in [0.15, 0.2) is 24.3 Å². The molecule has 0 atom stereocenters. The number of carbonyl (C=O) groups excluding carboxylic acids is 2.